The van der Waals surface area contributed by atoms with Crippen LogP contribution in [-0.4, -0.2) is 27.2 Å². The molecule has 1 atom stereocenters. The molecule has 6 heteroatoms. The first-order valence-corrected chi connectivity index (χ1v) is 5.47. The van der Waals surface area contributed by atoms with Crippen molar-refractivity contribution in [3.63, 3.8) is 0 Å². The van der Waals surface area contributed by atoms with E-state index in [1.165, 1.54) is 0 Å². The molecule has 0 saturated carbocycles. The molecule has 16 heavy (non-hydrogen) atoms. The molecule has 1 heterocycles. The molecule has 1 unspecified atom stereocenters. The molecule has 6 nitrogen and oxygen atoms in total. The Kier molecular flexibility index (Phi) is 4.91. The van der Waals surface area contributed by atoms with Gasteiger partial charge >= 0.3 is 0 Å². The number of hydrogen-bond acceptors (Lipinski definition) is 4. The number of aromatic nitrogens is 3. The molecular weight excluding hydrogens is 206 g/mol. The average molecular weight is 225 g/mol. The Labute approximate surface area is 95.2 Å². The minimum absolute atomic E-state index is 0.0142. The first-order chi connectivity index (χ1) is 7.67. The van der Waals surface area contributed by atoms with E-state index in [4.69, 9.17) is 5.73 Å². The van der Waals surface area contributed by atoms with Crippen LogP contribution in [0.2, 0.25) is 0 Å². The van der Waals surface area contributed by atoms with Gasteiger partial charge < -0.3 is 15.6 Å². The van der Waals surface area contributed by atoms with Crippen molar-refractivity contribution >= 4 is 5.91 Å². The molecule has 0 aliphatic heterocycles. The van der Waals surface area contributed by atoms with Crippen molar-refractivity contribution < 1.29 is 4.79 Å². The third kappa shape index (κ3) is 3.62. The number of nitrogens with two attached hydrogens (primary N) is 1. The lowest BCUT2D eigenvalue weighted by Gasteiger charge is -2.11. The van der Waals surface area contributed by atoms with Gasteiger partial charge in [0.05, 0.1) is 6.54 Å². The van der Waals surface area contributed by atoms with Crippen molar-refractivity contribution in [2.24, 2.45) is 18.7 Å². The van der Waals surface area contributed by atoms with Crippen LogP contribution in [0.1, 0.15) is 25.6 Å². The molecule has 0 bridgehead atoms. The van der Waals surface area contributed by atoms with E-state index >= 15 is 0 Å². The van der Waals surface area contributed by atoms with Crippen LogP contribution in [0.5, 0.6) is 0 Å². The van der Waals surface area contributed by atoms with Gasteiger partial charge in [0.2, 0.25) is 5.91 Å². The van der Waals surface area contributed by atoms with E-state index in [1.54, 1.807) is 10.9 Å². The van der Waals surface area contributed by atoms with E-state index in [0.29, 0.717) is 19.5 Å². The van der Waals surface area contributed by atoms with Gasteiger partial charge in [-0.2, -0.15) is 0 Å². The fourth-order valence-corrected chi connectivity index (χ4v) is 1.37. The lowest BCUT2D eigenvalue weighted by Crippen LogP contribution is -2.28. The van der Waals surface area contributed by atoms with Gasteiger partial charge in [-0.25, -0.2) is 0 Å². The maximum absolute atomic E-state index is 11.6. The molecule has 0 radical (unpaired) electrons. The number of carbonyl (C=O) groups is 1. The van der Waals surface area contributed by atoms with Gasteiger partial charge in [-0.3, -0.25) is 4.79 Å². The van der Waals surface area contributed by atoms with Crippen molar-refractivity contribution in [3.05, 3.63) is 12.2 Å². The van der Waals surface area contributed by atoms with E-state index in [-0.39, 0.29) is 11.8 Å². The fourth-order valence-electron chi connectivity index (χ4n) is 1.37. The number of aryl methyl sites for hydroxylation is 1. The maximum Gasteiger partial charge on any atom is 0.220 e. The average Bonchev–Trinajstić information content (AvgIpc) is 2.69. The van der Waals surface area contributed by atoms with Crippen LogP contribution in [0, 0.1) is 5.92 Å². The summed E-state index contributed by atoms with van der Waals surface area (Å²) < 4.78 is 1.78. The van der Waals surface area contributed by atoms with E-state index in [2.05, 4.69) is 15.5 Å². The van der Waals surface area contributed by atoms with Crippen LogP contribution in [0.25, 0.3) is 0 Å². The topological polar surface area (TPSA) is 85.8 Å². The summed E-state index contributed by atoms with van der Waals surface area (Å²) >= 11 is 0. The molecular formula is C10H19N5O. The molecule has 1 rings (SSSR count). The highest BCUT2D eigenvalue weighted by Crippen LogP contribution is 2.05. The molecule has 1 aromatic heterocycles. The van der Waals surface area contributed by atoms with E-state index in [9.17, 15) is 4.79 Å². The lowest BCUT2D eigenvalue weighted by molar-refractivity contribution is -0.122. The van der Waals surface area contributed by atoms with E-state index < -0.39 is 0 Å². The molecule has 0 fully saturated rings. The molecule has 0 aliphatic carbocycles. The van der Waals surface area contributed by atoms with Gasteiger partial charge in [0.15, 0.2) is 5.82 Å². The SMILES string of the molecule is CCC(CN)CC(=O)NCc1nncn1C. The molecule has 0 aromatic carbocycles. The fraction of sp³-hybridized carbons (Fsp3) is 0.700. The number of hydrogen-bond donors (Lipinski definition) is 2. The molecule has 0 saturated heterocycles. The van der Waals surface area contributed by atoms with Crippen molar-refractivity contribution in [2.75, 3.05) is 6.54 Å². The van der Waals surface area contributed by atoms with Gasteiger partial charge in [-0.05, 0) is 12.5 Å². The van der Waals surface area contributed by atoms with Gasteiger partial charge in [-0.1, -0.05) is 13.3 Å². The Bertz CT molecular complexity index is 332. The zero-order valence-electron chi connectivity index (χ0n) is 9.81. The Morgan fingerprint density at radius 3 is 2.94 bits per heavy atom. The standard InChI is InChI=1S/C10H19N5O/c1-3-8(5-11)4-10(16)12-6-9-14-13-7-15(9)2/h7-8H,3-6,11H2,1-2H3,(H,12,16). The normalized spacial score (nSPS) is 12.4. The predicted molar refractivity (Wildman–Crippen MR) is 60.3 cm³/mol. The summed E-state index contributed by atoms with van der Waals surface area (Å²) in [6.07, 6.45) is 3.01. The summed E-state index contributed by atoms with van der Waals surface area (Å²) in [5.74, 6) is 1.02. The second kappa shape index (κ2) is 6.22. The van der Waals surface area contributed by atoms with Gasteiger partial charge in [-0.15, -0.1) is 10.2 Å². The van der Waals surface area contributed by atoms with Crippen LogP contribution in [0.4, 0.5) is 0 Å². The summed E-state index contributed by atoms with van der Waals surface area (Å²) in [5, 5.41) is 10.4. The highest BCUT2D eigenvalue weighted by Gasteiger charge is 2.10. The number of rotatable bonds is 6. The van der Waals surface area contributed by atoms with Crippen LogP contribution in [0.3, 0.4) is 0 Å². The Hall–Kier alpha value is -1.43. The molecule has 0 aliphatic rings. The number of nitrogens with one attached hydrogen (secondary N) is 1. The van der Waals surface area contributed by atoms with Crippen LogP contribution in [-0.2, 0) is 18.4 Å². The zero-order chi connectivity index (χ0) is 12.0. The quantitative estimate of drug-likeness (QED) is 0.702. The predicted octanol–water partition coefficient (Wildman–Crippen LogP) is -0.194. The van der Waals surface area contributed by atoms with Crippen LogP contribution >= 0.6 is 0 Å². The van der Waals surface area contributed by atoms with Gasteiger partial charge in [0.25, 0.3) is 0 Å². The summed E-state index contributed by atoms with van der Waals surface area (Å²) in [6.45, 7) is 3.00. The lowest BCUT2D eigenvalue weighted by atomic mass is 10.0. The third-order valence-electron chi connectivity index (χ3n) is 2.63. The summed E-state index contributed by atoms with van der Waals surface area (Å²) in [5.41, 5.74) is 5.54. The zero-order valence-corrected chi connectivity index (χ0v) is 9.81. The molecule has 1 aromatic rings. The molecule has 3 N–H and O–H groups in total. The third-order valence-corrected chi connectivity index (χ3v) is 2.63. The van der Waals surface area contributed by atoms with E-state index in [0.717, 1.165) is 12.2 Å². The van der Waals surface area contributed by atoms with Gasteiger partial charge in [0.1, 0.15) is 6.33 Å². The highest BCUT2D eigenvalue weighted by atomic mass is 16.1. The number of nitrogens with zero attached hydrogens (tertiary/aromatic N) is 3. The van der Waals surface area contributed by atoms with Crippen molar-refractivity contribution in [1.82, 2.24) is 20.1 Å². The van der Waals surface area contributed by atoms with E-state index in [1.807, 2.05) is 14.0 Å². The van der Waals surface area contributed by atoms with Gasteiger partial charge in [0, 0.05) is 13.5 Å². The summed E-state index contributed by atoms with van der Waals surface area (Å²) in [7, 11) is 1.84. The molecule has 0 spiro atoms. The van der Waals surface area contributed by atoms with Crippen LogP contribution < -0.4 is 11.1 Å². The summed E-state index contributed by atoms with van der Waals surface area (Å²) in [6, 6.07) is 0. The monoisotopic (exact) mass is 225 g/mol. The number of carbonyl (C=O) groups excluding carboxylic acids is 1. The minimum atomic E-state index is 0.0142. The smallest absolute Gasteiger partial charge is 0.220 e. The maximum atomic E-state index is 11.6. The van der Waals surface area contributed by atoms with Crippen molar-refractivity contribution in [2.45, 2.75) is 26.3 Å². The van der Waals surface area contributed by atoms with Crippen molar-refractivity contribution in [1.29, 1.82) is 0 Å². The Morgan fingerprint density at radius 1 is 1.69 bits per heavy atom. The van der Waals surface area contributed by atoms with Crippen LogP contribution in [0.15, 0.2) is 6.33 Å². The minimum Gasteiger partial charge on any atom is -0.349 e. The Morgan fingerprint density at radius 2 is 2.44 bits per heavy atom. The highest BCUT2D eigenvalue weighted by molar-refractivity contribution is 5.76. The largest absolute Gasteiger partial charge is 0.349 e. The first-order valence-electron chi connectivity index (χ1n) is 5.47. The second-order valence-corrected chi connectivity index (χ2v) is 3.85. The molecule has 1 amide bonds. The molecule has 90 valence electrons. The Balaban J connectivity index is 2.33. The second-order valence-electron chi connectivity index (χ2n) is 3.85. The van der Waals surface area contributed by atoms with Crippen molar-refractivity contribution in [3.8, 4) is 0 Å². The first kappa shape index (κ1) is 12.6. The summed E-state index contributed by atoms with van der Waals surface area (Å²) in [4.78, 5) is 11.6. The number of amides is 1.